The normalized spacial score (nSPS) is 15.1. The van der Waals surface area contributed by atoms with Gasteiger partial charge < -0.3 is 20.5 Å². The maximum Gasteiger partial charge on any atom is 0.329 e. The molecule has 0 aromatic heterocycles. The van der Waals surface area contributed by atoms with Gasteiger partial charge in [0.2, 0.25) is 5.91 Å². The third-order valence-electron chi connectivity index (χ3n) is 3.64. The van der Waals surface area contributed by atoms with E-state index in [1.807, 2.05) is 0 Å². The number of phenols is 1. The molecule has 3 N–H and O–H groups in total. The highest BCUT2D eigenvalue weighted by molar-refractivity contribution is 6.00. The number of aromatic hydroxyl groups is 1. The van der Waals surface area contributed by atoms with Crippen molar-refractivity contribution in [2.24, 2.45) is 5.73 Å². The number of ether oxygens (including phenoxy) is 1. The standard InChI is InChI=1S/C17H22N2O5/c1-17(2,3)24-16(23)13(6-7-14(18)21)19-9-10-8-11(20)4-5-12(10)15(19)22/h4-5,8,13,20H,6-7,9H2,1-3H3,(H2,18,21). The molecule has 0 bridgehead atoms. The topological polar surface area (TPSA) is 110 Å². The van der Waals surface area contributed by atoms with Crippen LogP contribution >= 0.6 is 0 Å². The van der Waals surface area contributed by atoms with Crippen LogP contribution in [0.2, 0.25) is 0 Å². The third-order valence-corrected chi connectivity index (χ3v) is 3.64. The second-order valence-corrected chi connectivity index (χ2v) is 6.83. The van der Waals surface area contributed by atoms with Crippen molar-refractivity contribution in [1.29, 1.82) is 0 Å². The van der Waals surface area contributed by atoms with Crippen LogP contribution in [0, 0.1) is 0 Å². The third kappa shape index (κ3) is 4.04. The van der Waals surface area contributed by atoms with Gasteiger partial charge in [-0.1, -0.05) is 0 Å². The van der Waals surface area contributed by atoms with E-state index in [1.54, 1.807) is 20.8 Å². The molecule has 7 nitrogen and oxygen atoms in total. The Balaban J connectivity index is 2.26. The SMILES string of the molecule is CC(C)(C)OC(=O)C(CCC(N)=O)N1Cc2cc(O)ccc2C1=O. The zero-order valence-electron chi connectivity index (χ0n) is 14.0. The fourth-order valence-corrected chi connectivity index (χ4v) is 2.63. The Bertz CT molecular complexity index is 678. The number of carbonyl (C=O) groups excluding carboxylic acids is 3. The van der Waals surface area contributed by atoms with Crippen molar-refractivity contribution in [3.63, 3.8) is 0 Å². The van der Waals surface area contributed by atoms with Gasteiger partial charge in [-0.15, -0.1) is 0 Å². The van der Waals surface area contributed by atoms with Crippen LogP contribution in [0.3, 0.4) is 0 Å². The number of carbonyl (C=O) groups is 3. The fourth-order valence-electron chi connectivity index (χ4n) is 2.63. The zero-order valence-corrected chi connectivity index (χ0v) is 14.0. The van der Waals surface area contributed by atoms with Crippen LogP contribution in [0.5, 0.6) is 5.75 Å². The van der Waals surface area contributed by atoms with Crippen molar-refractivity contribution < 1.29 is 24.2 Å². The number of phenolic OH excluding ortho intramolecular Hbond substituents is 1. The van der Waals surface area contributed by atoms with E-state index in [1.165, 1.54) is 23.1 Å². The minimum absolute atomic E-state index is 0.0325. The molecule has 0 radical (unpaired) electrons. The molecular formula is C17H22N2O5. The molecule has 1 heterocycles. The van der Waals surface area contributed by atoms with E-state index in [4.69, 9.17) is 10.5 Å². The van der Waals surface area contributed by atoms with E-state index in [0.717, 1.165) is 0 Å². The van der Waals surface area contributed by atoms with Crippen LogP contribution in [-0.4, -0.2) is 39.4 Å². The highest BCUT2D eigenvalue weighted by atomic mass is 16.6. The van der Waals surface area contributed by atoms with Gasteiger partial charge in [-0.25, -0.2) is 4.79 Å². The van der Waals surface area contributed by atoms with Gasteiger partial charge in [-0.3, -0.25) is 9.59 Å². The second-order valence-electron chi connectivity index (χ2n) is 6.83. The maximum absolute atomic E-state index is 12.6. The molecule has 0 spiro atoms. The first kappa shape index (κ1) is 17.8. The smallest absolute Gasteiger partial charge is 0.329 e. The number of amides is 2. The largest absolute Gasteiger partial charge is 0.508 e. The first-order valence-electron chi connectivity index (χ1n) is 7.72. The highest BCUT2D eigenvalue weighted by Gasteiger charge is 2.38. The quantitative estimate of drug-likeness (QED) is 0.789. The van der Waals surface area contributed by atoms with E-state index in [2.05, 4.69) is 0 Å². The van der Waals surface area contributed by atoms with Gasteiger partial charge in [-0.05, 0) is 51.0 Å². The summed E-state index contributed by atoms with van der Waals surface area (Å²) < 4.78 is 5.38. The zero-order chi connectivity index (χ0) is 18.1. The van der Waals surface area contributed by atoms with Gasteiger partial charge in [0.25, 0.3) is 5.91 Å². The Morgan fingerprint density at radius 1 is 1.38 bits per heavy atom. The molecule has 1 aliphatic rings. The molecule has 130 valence electrons. The fraction of sp³-hybridized carbons (Fsp3) is 0.471. The molecule has 1 aromatic carbocycles. The minimum atomic E-state index is -0.904. The summed E-state index contributed by atoms with van der Waals surface area (Å²) in [7, 11) is 0. The predicted molar refractivity (Wildman–Crippen MR) is 86.0 cm³/mol. The Morgan fingerprint density at radius 3 is 2.62 bits per heavy atom. The monoisotopic (exact) mass is 334 g/mol. The molecule has 0 saturated carbocycles. The molecule has 1 unspecified atom stereocenters. The van der Waals surface area contributed by atoms with Gasteiger partial charge in [0.1, 0.15) is 17.4 Å². The van der Waals surface area contributed by atoms with Crippen LogP contribution < -0.4 is 5.73 Å². The molecule has 0 fully saturated rings. The van der Waals surface area contributed by atoms with Crippen molar-refractivity contribution in [3.8, 4) is 5.75 Å². The number of hydrogen-bond acceptors (Lipinski definition) is 5. The second kappa shape index (κ2) is 6.51. The van der Waals surface area contributed by atoms with E-state index in [0.29, 0.717) is 11.1 Å². The van der Waals surface area contributed by atoms with E-state index in [9.17, 15) is 19.5 Å². The molecule has 2 amide bonds. The lowest BCUT2D eigenvalue weighted by atomic mass is 10.1. The first-order valence-corrected chi connectivity index (χ1v) is 7.72. The number of hydrogen-bond donors (Lipinski definition) is 2. The molecule has 24 heavy (non-hydrogen) atoms. The number of nitrogens with zero attached hydrogens (tertiary/aromatic N) is 1. The van der Waals surface area contributed by atoms with Crippen LogP contribution in [0.4, 0.5) is 0 Å². The summed E-state index contributed by atoms with van der Waals surface area (Å²) in [6.45, 7) is 5.36. The lowest BCUT2D eigenvalue weighted by Gasteiger charge is -2.29. The van der Waals surface area contributed by atoms with E-state index in [-0.39, 0.29) is 31.0 Å². The molecule has 0 saturated heterocycles. The number of esters is 1. The van der Waals surface area contributed by atoms with Crippen LogP contribution in [0.25, 0.3) is 0 Å². The number of rotatable bonds is 5. The highest BCUT2D eigenvalue weighted by Crippen LogP contribution is 2.29. The number of fused-ring (bicyclic) bond motifs is 1. The van der Waals surface area contributed by atoms with Crippen LogP contribution in [0.1, 0.15) is 49.5 Å². The predicted octanol–water partition coefficient (Wildman–Crippen LogP) is 1.32. The van der Waals surface area contributed by atoms with Gasteiger partial charge in [0.15, 0.2) is 0 Å². The molecule has 1 aliphatic heterocycles. The number of benzene rings is 1. The Labute approximate surface area is 140 Å². The molecule has 1 atom stereocenters. The Kier molecular flexibility index (Phi) is 4.82. The first-order chi connectivity index (χ1) is 11.1. The summed E-state index contributed by atoms with van der Waals surface area (Å²) >= 11 is 0. The van der Waals surface area contributed by atoms with E-state index < -0.39 is 23.5 Å². The number of primary amides is 1. The summed E-state index contributed by atoms with van der Waals surface area (Å²) in [5, 5.41) is 9.56. The van der Waals surface area contributed by atoms with Crippen molar-refractivity contribution in [2.75, 3.05) is 0 Å². The minimum Gasteiger partial charge on any atom is -0.508 e. The van der Waals surface area contributed by atoms with Crippen molar-refractivity contribution >= 4 is 17.8 Å². The lowest BCUT2D eigenvalue weighted by Crippen LogP contribution is -2.45. The Hall–Kier alpha value is -2.57. The molecule has 1 aromatic rings. The van der Waals surface area contributed by atoms with Crippen LogP contribution in [0.15, 0.2) is 18.2 Å². The van der Waals surface area contributed by atoms with E-state index >= 15 is 0 Å². The molecular weight excluding hydrogens is 312 g/mol. The number of nitrogens with two attached hydrogens (primary N) is 1. The van der Waals surface area contributed by atoms with Crippen molar-refractivity contribution in [3.05, 3.63) is 29.3 Å². The maximum atomic E-state index is 12.6. The molecule has 7 heteroatoms. The summed E-state index contributed by atoms with van der Waals surface area (Å²) in [4.78, 5) is 37.6. The summed E-state index contributed by atoms with van der Waals surface area (Å²) in [6, 6.07) is 3.53. The lowest BCUT2D eigenvalue weighted by molar-refractivity contribution is -0.160. The van der Waals surface area contributed by atoms with Gasteiger partial charge >= 0.3 is 5.97 Å². The average molecular weight is 334 g/mol. The van der Waals surface area contributed by atoms with Gasteiger partial charge in [-0.2, -0.15) is 0 Å². The Morgan fingerprint density at radius 2 is 2.04 bits per heavy atom. The summed E-state index contributed by atoms with van der Waals surface area (Å²) in [5.41, 5.74) is 5.53. The average Bonchev–Trinajstić information content (AvgIpc) is 2.73. The van der Waals surface area contributed by atoms with Crippen LogP contribution in [-0.2, 0) is 20.9 Å². The van der Waals surface area contributed by atoms with Gasteiger partial charge in [0, 0.05) is 18.5 Å². The van der Waals surface area contributed by atoms with Crippen molar-refractivity contribution in [2.45, 2.75) is 51.8 Å². The summed E-state index contributed by atoms with van der Waals surface area (Å²) in [6.07, 6.45) is 0.0608. The van der Waals surface area contributed by atoms with Gasteiger partial charge in [0.05, 0.1) is 0 Å². The molecule has 2 rings (SSSR count). The molecule has 0 aliphatic carbocycles. The van der Waals surface area contributed by atoms with Crippen molar-refractivity contribution in [1.82, 2.24) is 4.90 Å². The summed E-state index contributed by atoms with van der Waals surface area (Å²) in [5.74, 6) is -1.40.